The number of halogens is 1. The highest BCUT2D eigenvalue weighted by Gasteiger charge is 2.16. The summed E-state index contributed by atoms with van der Waals surface area (Å²) in [6.07, 6.45) is 1.76. The van der Waals surface area contributed by atoms with Gasteiger partial charge in [0.1, 0.15) is 0 Å². The van der Waals surface area contributed by atoms with E-state index in [2.05, 4.69) is 30.4 Å². The highest BCUT2D eigenvalue weighted by Crippen LogP contribution is 2.28. The number of nitrogens with zero attached hydrogens (tertiary/aromatic N) is 2. The number of hydrogen-bond acceptors (Lipinski definition) is 4. The predicted molar refractivity (Wildman–Crippen MR) is 80.4 cm³/mol. The Balaban J connectivity index is 2.20. The third-order valence-corrected chi connectivity index (χ3v) is 4.47. The number of hydrogen-bond donors (Lipinski definition) is 2. The molecule has 0 aliphatic heterocycles. The van der Waals surface area contributed by atoms with Crippen molar-refractivity contribution >= 4 is 22.9 Å². The number of hydrazine groups is 1. The van der Waals surface area contributed by atoms with Gasteiger partial charge in [-0.25, -0.2) is 0 Å². The van der Waals surface area contributed by atoms with Crippen LogP contribution in [-0.4, -0.2) is 9.78 Å². The van der Waals surface area contributed by atoms with Gasteiger partial charge in [0.05, 0.1) is 16.1 Å². The van der Waals surface area contributed by atoms with E-state index in [1.165, 1.54) is 5.69 Å². The van der Waals surface area contributed by atoms with E-state index in [1.54, 1.807) is 11.3 Å². The summed E-state index contributed by atoms with van der Waals surface area (Å²) < 4.78 is 2.83. The van der Waals surface area contributed by atoms with Crippen molar-refractivity contribution in [1.82, 2.24) is 15.2 Å². The van der Waals surface area contributed by atoms with Gasteiger partial charge in [-0.15, -0.1) is 11.3 Å². The summed E-state index contributed by atoms with van der Waals surface area (Å²) in [4.78, 5) is 1.15. The minimum Gasteiger partial charge on any atom is -0.271 e. The van der Waals surface area contributed by atoms with Crippen LogP contribution in [0.5, 0.6) is 0 Å². The Bertz CT molecular complexity index is 534. The van der Waals surface area contributed by atoms with E-state index in [9.17, 15) is 0 Å². The molecule has 0 bridgehead atoms. The maximum atomic E-state index is 5.98. The van der Waals surface area contributed by atoms with Gasteiger partial charge in [-0.3, -0.25) is 16.0 Å². The topological polar surface area (TPSA) is 55.9 Å². The molecule has 0 spiro atoms. The molecule has 6 heteroatoms. The van der Waals surface area contributed by atoms with E-state index in [0.717, 1.165) is 34.3 Å². The molecule has 2 heterocycles. The van der Waals surface area contributed by atoms with E-state index in [0.29, 0.717) is 0 Å². The molecule has 0 amide bonds. The normalized spacial score (nSPS) is 12.8. The highest BCUT2D eigenvalue weighted by molar-refractivity contribution is 7.16. The number of aromatic nitrogens is 2. The van der Waals surface area contributed by atoms with Crippen molar-refractivity contribution in [3.63, 3.8) is 0 Å². The van der Waals surface area contributed by atoms with Gasteiger partial charge in [-0.2, -0.15) is 5.10 Å². The van der Waals surface area contributed by atoms with E-state index in [-0.39, 0.29) is 6.04 Å². The summed E-state index contributed by atoms with van der Waals surface area (Å²) in [6.45, 7) is 5.09. The lowest BCUT2D eigenvalue weighted by molar-refractivity contribution is 0.522. The molecular formula is C13H19ClN4S. The first-order valence-electron chi connectivity index (χ1n) is 6.44. The molecule has 0 saturated heterocycles. The molecule has 3 N–H and O–H groups in total. The van der Waals surface area contributed by atoms with Crippen LogP contribution in [0, 0.1) is 0 Å². The zero-order valence-corrected chi connectivity index (χ0v) is 12.8. The smallest absolute Gasteiger partial charge is 0.0931 e. The van der Waals surface area contributed by atoms with Crippen molar-refractivity contribution in [2.24, 2.45) is 5.84 Å². The number of nitrogens with two attached hydrogens (primary N) is 1. The molecule has 19 heavy (non-hydrogen) atoms. The molecule has 2 aromatic rings. The predicted octanol–water partition coefficient (Wildman–Crippen LogP) is 2.93. The summed E-state index contributed by atoms with van der Waals surface area (Å²) in [6, 6.07) is 6.15. The maximum absolute atomic E-state index is 5.98. The maximum Gasteiger partial charge on any atom is 0.0931 e. The summed E-state index contributed by atoms with van der Waals surface area (Å²) in [7, 11) is 0. The van der Waals surface area contributed by atoms with Crippen LogP contribution in [0.3, 0.4) is 0 Å². The summed E-state index contributed by atoms with van der Waals surface area (Å²) in [5.74, 6) is 5.68. The van der Waals surface area contributed by atoms with Crippen LogP contribution in [0.4, 0.5) is 0 Å². The summed E-state index contributed by atoms with van der Waals surface area (Å²) in [5.41, 5.74) is 5.19. The number of nitrogens with one attached hydrogen (secondary N) is 1. The van der Waals surface area contributed by atoms with Crippen LogP contribution in [-0.2, 0) is 19.4 Å². The Labute approximate surface area is 122 Å². The molecule has 0 fully saturated rings. The first kappa shape index (κ1) is 14.5. The Hall–Kier alpha value is -0.880. The molecule has 1 unspecified atom stereocenters. The molecule has 0 aliphatic carbocycles. The quantitative estimate of drug-likeness (QED) is 0.637. The fourth-order valence-corrected chi connectivity index (χ4v) is 3.21. The van der Waals surface area contributed by atoms with Crippen LogP contribution >= 0.6 is 22.9 Å². The Morgan fingerprint density at radius 2 is 2.26 bits per heavy atom. The van der Waals surface area contributed by atoms with Gasteiger partial charge in [-0.05, 0) is 31.5 Å². The fraction of sp³-hybridized carbons (Fsp3) is 0.462. The van der Waals surface area contributed by atoms with Crippen LogP contribution in [0.2, 0.25) is 4.34 Å². The number of aryl methyl sites for hydroxylation is 2. The third-order valence-electron chi connectivity index (χ3n) is 3.13. The molecule has 104 valence electrons. The zero-order chi connectivity index (χ0) is 13.8. The van der Waals surface area contributed by atoms with Crippen molar-refractivity contribution in [3.05, 3.63) is 38.8 Å². The van der Waals surface area contributed by atoms with Crippen LogP contribution in [0.15, 0.2) is 18.2 Å². The van der Waals surface area contributed by atoms with Gasteiger partial charge >= 0.3 is 0 Å². The van der Waals surface area contributed by atoms with Gasteiger partial charge in [0.15, 0.2) is 0 Å². The molecule has 0 aliphatic rings. The van der Waals surface area contributed by atoms with Gasteiger partial charge in [-0.1, -0.05) is 18.5 Å². The lowest BCUT2D eigenvalue weighted by Gasteiger charge is -2.14. The minimum absolute atomic E-state index is 0.0733. The fourth-order valence-electron chi connectivity index (χ4n) is 2.09. The molecule has 0 saturated carbocycles. The van der Waals surface area contributed by atoms with E-state index < -0.39 is 0 Å². The molecule has 0 radical (unpaired) electrons. The second kappa shape index (κ2) is 6.52. The SMILES string of the molecule is CCc1cc(CC(NN)c2ccc(Cl)s2)n(CC)n1. The second-order valence-electron chi connectivity index (χ2n) is 4.36. The van der Waals surface area contributed by atoms with E-state index in [4.69, 9.17) is 17.4 Å². The standard InChI is InChI=1S/C13H19ClN4S/c1-3-9-7-10(18(4-2)17-9)8-11(16-15)12-5-6-13(14)19-12/h5-7,11,16H,3-4,8,15H2,1-2H3. The average Bonchev–Trinajstić information content (AvgIpc) is 3.01. The Kier molecular flexibility index (Phi) is 4.99. The molecular weight excluding hydrogens is 280 g/mol. The van der Waals surface area contributed by atoms with Gasteiger partial charge in [0.25, 0.3) is 0 Å². The van der Waals surface area contributed by atoms with Crippen LogP contribution < -0.4 is 11.3 Å². The van der Waals surface area contributed by atoms with Crippen LogP contribution in [0.1, 0.15) is 36.2 Å². The zero-order valence-electron chi connectivity index (χ0n) is 11.2. The average molecular weight is 299 g/mol. The number of rotatable bonds is 6. The lowest BCUT2D eigenvalue weighted by atomic mass is 10.1. The first-order valence-corrected chi connectivity index (χ1v) is 7.64. The van der Waals surface area contributed by atoms with E-state index >= 15 is 0 Å². The lowest BCUT2D eigenvalue weighted by Crippen LogP contribution is -2.29. The largest absolute Gasteiger partial charge is 0.271 e. The van der Waals surface area contributed by atoms with E-state index in [1.807, 2.05) is 16.8 Å². The monoisotopic (exact) mass is 298 g/mol. The third kappa shape index (κ3) is 3.36. The Morgan fingerprint density at radius 1 is 1.47 bits per heavy atom. The molecule has 2 aromatic heterocycles. The first-order chi connectivity index (χ1) is 9.17. The van der Waals surface area contributed by atoms with Crippen LogP contribution in [0.25, 0.3) is 0 Å². The molecule has 1 atom stereocenters. The van der Waals surface area contributed by atoms with Crippen molar-refractivity contribution in [1.29, 1.82) is 0 Å². The van der Waals surface area contributed by atoms with Gasteiger partial charge in [0, 0.05) is 23.5 Å². The van der Waals surface area contributed by atoms with Crippen molar-refractivity contribution in [2.75, 3.05) is 0 Å². The summed E-state index contributed by atoms with van der Waals surface area (Å²) >= 11 is 7.54. The van der Waals surface area contributed by atoms with Crippen molar-refractivity contribution in [3.8, 4) is 0 Å². The number of thiophene rings is 1. The van der Waals surface area contributed by atoms with Crippen molar-refractivity contribution < 1.29 is 0 Å². The molecule has 4 nitrogen and oxygen atoms in total. The van der Waals surface area contributed by atoms with Gasteiger partial charge < -0.3 is 0 Å². The van der Waals surface area contributed by atoms with Crippen molar-refractivity contribution in [2.45, 2.75) is 39.3 Å². The second-order valence-corrected chi connectivity index (χ2v) is 6.11. The Morgan fingerprint density at radius 3 is 2.79 bits per heavy atom. The van der Waals surface area contributed by atoms with Gasteiger partial charge in [0.2, 0.25) is 0 Å². The summed E-state index contributed by atoms with van der Waals surface area (Å²) in [5, 5.41) is 4.56. The molecule has 2 rings (SSSR count). The molecule has 0 aromatic carbocycles. The highest BCUT2D eigenvalue weighted by atomic mass is 35.5. The minimum atomic E-state index is 0.0733.